The van der Waals surface area contributed by atoms with Gasteiger partial charge < -0.3 is 8.85 Å². The van der Waals surface area contributed by atoms with E-state index in [4.69, 9.17) is 8.85 Å². The Morgan fingerprint density at radius 1 is 0.920 bits per heavy atom. The summed E-state index contributed by atoms with van der Waals surface area (Å²) < 4.78 is 13.6. The molecule has 2 rings (SSSR count). The monoisotopic (exact) mass is 382 g/mol. The van der Waals surface area contributed by atoms with E-state index in [9.17, 15) is 4.79 Å². The van der Waals surface area contributed by atoms with Crippen molar-refractivity contribution in [3.05, 3.63) is 11.6 Å². The highest BCUT2D eigenvalue weighted by Crippen LogP contribution is 2.48. The molecule has 0 aliphatic heterocycles. The van der Waals surface area contributed by atoms with Crippen molar-refractivity contribution < 1.29 is 13.6 Å². The number of hydrogen-bond donors (Lipinski definition) is 0. The van der Waals surface area contributed by atoms with Crippen LogP contribution in [0.1, 0.15) is 54.4 Å². The highest BCUT2D eigenvalue weighted by molar-refractivity contribution is 6.74. The zero-order valence-corrected chi connectivity index (χ0v) is 19.9. The first-order chi connectivity index (χ1) is 11.1. The Morgan fingerprint density at radius 2 is 1.40 bits per heavy atom. The summed E-state index contributed by atoms with van der Waals surface area (Å²) in [6, 6.07) is 0. The summed E-state index contributed by atoms with van der Waals surface area (Å²) in [5, 5.41) is 0.326. The van der Waals surface area contributed by atoms with Gasteiger partial charge in [0.15, 0.2) is 22.4 Å². The number of fused-ring (bicyclic) bond motifs is 1. The lowest BCUT2D eigenvalue weighted by molar-refractivity contribution is -0.114. The molecule has 0 spiro atoms. The molecule has 0 aromatic heterocycles. The summed E-state index contributed by atoms with van der Waals surface area (Å²) in [5.74, 6) is 0.589. The number of carbonyl (C=O) groups is 1. The van der Waals surface area contributed by atoms with Crippen LogP contribution in [0.2, 0.25) is 36.3 Å². The van der Waals surface area contributed by atoms with Crippen molar-refractivity contribution in [1.29, 1.82) is 0 Å². The summed E-state index contributed by atoms with van der Waals surface area (Å²) in [5.41, 5.74) is 1.21. The number of allylic oxidation sites excluding steroid dienone is 1. The highest BCUT2D eigenvalue weighted by Gasteiger charge is 2.51. The van der Waals surface area contributed by atoms with Crippen LogP contribution in [0, 0.1) is 5.92 Å². The summed E-state index contributed by atoms with van der Waals surface area (Å²) in [6.45, 7) is 22.8. The van der Waals surface area contributed by atoms with Gasteiger partial charge in [0, 0.05) is 6.42 Å². The molecule has 0 radical (unpaired) electrons. The van der Waals surface area contributed by atoms with Crippen molar-refractivity contribution >= 4 is 22.4 Å². The number of hydrogen-bond acceptors (Lipinski definition) is 3. The van der Waals surface area contributed by atoms with E-state index in [1.807, 2.05) is 6.08 Å². The minimum atomic E-state index is -1.93. The van der Waals surface area contributed by atoms with Crippen LogP contribution in [-0.2, 0) is 13.6 Å². The molecule has 1 fully saturated rings. The Bertz CT molecular complexity index is 564. The maximum Gasteiger partial charge on any atom is 0.193 e. The standard InChI is InChI=1S/C20H38O3Si2/c1-19(2,3)24(7,8)22-17-12-14-11-15(21)13-16(14)18(17)23-25(9,10)20(4,5)6/h13-14,17-18H,11-12H2,1-10H3/t14-,17+,18+/m0/s1. The van der Waals surface area contributed by atoms with Gasteiger partial charge in [0.1, 0.15) is 0 Å². The van der Waals surface area contributed by atoms with Crippen LogP contribution >= 0.6 is 0 Å². The zero-order valence-electron chi connectivity index (χ0n) is 17.9. The van der Waals surface area contributed by atoms with E-state index in [2.05, 4.69) is 67.7 Å². The maximum atomic E-state index is 12.0. The van der Waals surface area contributed by atoms with E-state index in [1.54, 1.807) is 0 Å². The molecule has 0 aromatic rings. The second kappa shape index (κ2) is 6.43. The third kappa shape index (κ3) is 4.20. The van der Waals surface area contributed by atoms with Crippen molar-refractivity contribution in [2.45, 2.75) is 103 Å². The Kier molecular flexibility index (Phi) is 5.42. The predicted octanol–water partition coefficient (Wildman–Crippen LogP) is 5.69. The topological polar surface area (TPSA) is 35.5 Å². The van der Waals surface area contributed by atoms with Crippen molar-refractivity contribution in [3.63, 3.8) is 0 Å². The largest absolute Gasteiger partial charge is 0.411 e. The van der Waals surface area contributed by atoms with E-state index in [0.717, 1.165) is 6.42 Å². The van der Waals surface area contributed by atoms with Crippen LogP contribution in [0.15, 0.2) is 11.6 Å². The molecule has 2 aliphatic rings. The Labute approximate surface area is 156 Å². The van der Waals surface area contributed by atoms with Crippen LogP contribution in [-0.4, -0.2) is 34.6 Å². The average Bonchev–Trinajstić information content (AvgIpc) is 2.84. The van der Waals surface area contributed by atoms with Gasteiger partial charge in [-0.2, -0.15) is 0 Å². The normalized spacial score (nSPS) is 28.3. The molecular formula is C20H38O3Si2. The lowest BCUT2D eigenvalue weighted by atomic mass is 10.1. The molecule has 1 saturated carbocycles. The molecule has 0 unspecified atom stereocenters. The van der Waals surface area contributed by atoms with Crippen LogP contribution in [0.3, 0.4) is 0 Å². The van der Waals surface area contributed by atoms with Crippen LogP contribution in [0.4, 0.5) is 0 Å². The molecule has 3 nitrogen and oxygen atoms in total. The van der Waals surface area contributed by atoms with Crippen molar-refractivity contribution in [2.24, 2.45) is 5.92 Å². The fraction of sp³-hybridized carbons (Fsp3) is 0.850. The molecule has 144 valence electrons. The van der Waals surface area contributed by atoms with Crippen molar-refractivity contribution in [3.8, 4) is 0 Å². The molecule has 25 heavy (non-hydrogen) atoms. The third-order valence-electron chi connectivity index (χ3n) is 6.91. The van der Waals surface area contributed by atoms with E-state index in [-0.39, 0.29) is 28.1 Å². The lowest BCUT2D eigenvalue weighted by Crippen LogP contribution is -2.50. The number of carbonyl (C=O) groups excluding carboxylic acids is 1. The van der Waals surface area contributed by atoms with Gasteiger partial charge in [-0.15, -0.1) is 0 Å². The first-order valence-corrected chi connectivity index (χ1v) is 15.5. The molecular weight excluding hydrogens is 344 g/mol. The van der Waals surface area contributed by atoms with Gasteiger partial charge in [0.2, 0.25) is 0 Å². The minimum Gasteiger partial charge on any atom is -0.411 e. The van der Waals surface area contributed by atoms with E-state index in [1.165, 1.54) is 5.57 Å². The van der Waals surface area contributed by atoms with Gasteiger partial charge in [-0.3, -0.25) is 4.79 Å². The second-order valence-electron chi connectivity index (χ2n) is 11.0. The first-order valence-electron chi connectivity index (χ1n) is 9.65. The number of rotatable bonds is 4. The third-order valence-corrected chi connectivity index (χ3v) is 15.9. The minimum absolute atomic E-state index is 0.0357. The van der Waals surface area contributed by atoms with Crippen LogP contribution in [0.5, 0.6) is 0 Å². The zero-order chi connectivity index (χ0) is 19.4. The van der Waals surface area contributed by atoms with Crippen LogP contribution in [0.25, 0.3) is 0 Å². The quantitative estimate of drug-likeness (QED) is 0.586. The number of ketones is 1. The summed E-state index contributed by atoms with van der Waals surface area (Å²) >= 11 is 0. The fourth-order valence-corrected chi connectivity index (χ4v) is 5.79. The summed E-state index contributed by atoms with van der Waals surface area (Å²) in [4.78, 5) is 12.0. The van der Waals surface area contributed by atoms with E-state index in [0.29, 0.717) is 12.3 Å². The van der Waals surface area contributed by atoms with Crippen LogP contribution < -0.4 is 0 Å². The molecule has 0 N–H and O–H groups in total. The van der Waals surface area contributed by atoms with Gasteiger partial charge in [0.05, 0.1) is 12.2 Å². The van der Waals surface area contributed by atoms with E-state index < -0.39 is 16.6 Å². The van der Waals surface area contributed by atoms with Gasteiger partial charge >= 0.3 is 0 Å². The van der Waals surface area contributed by atoms with Gasteiger partial charge in [-0.05, 0) is 60.3 Å². The smallest absolute Gasteiger partial charge is 0.193 e. The summed E-state index contributed by atoms with van der Waals surface area (Å²) in [6.07, 6.45) is 3.50. The molecule has 2 aliphatic carbocycles. The molecule has 0 aromatic carbocycles. The Hall–Kier alpha value is -0.236. The van der Waals surface area contributed by atoms with E-state index >= 15 is 0 Å². The lowest BCUT2D eigenvalue weighted by Gasteiger charge is -2.43. The molecule has 0 saturated heterocycles. The first kappa shape index (κ1) is 21.1. The fourth-order valence-electron chi connectivity index (χ4n) is 3.18. The van der Waals surface area contributed by atoms with Gasteiger partial charge in [-0.25, -0.2) is 0 Å². The molecule has 0 amide bonds. The average molecular weight is 383 g/mol. The molecule has 0 heterocycles. The maximum absolute atomic E-state index is 12.0. The van der Waals surface area contributed by atoms with Gasteiger partial charge in [-0.1, -0.05) is 41.5 Å². The Balaban J connectivity index is 2.30. The Morgan fingerprint density at radius 3 is 1.88 bits per heavy atom. The van der Waals surface area contributed by atoms with Crippen molar-refractivity contribution in [2.75, 3.05) is 0 Å². The highest BCUT2D eigenvalue weighted by atomic mass is 28.4. The van der Waals surface area contributed by atoms with Crippen molar-refractivity contribution in [1.82, 2.24) is 0 Å². The molecule has 3 atom stereocenters. The second-order valence-corrected chi connectivity index (χ2v) is 20.5. The molecule has 5 heteroatoms. The molecule has 0 bridgehead atoms. The van der Waals surface area contributed by atoms with Gasteiger partial charge in [0.25, 0.3) is 0 Å². The SMILES string of the molecule is CC(C)(C)[Si](C)(C)O[C@@H]1C2=CC(=O)C[C@H]2C[C@H]1O[Si](C)(C)C(C)(C)C. The summed E-state index contributed by atoms with van der Waals surface area (Å²) in [7, 11) is -3.81. The predicted molar refractivity (Wildman–Crippen MR) is 110 cm³/mol.